The number of nitrogens with zero attached hydrogens (tertiary/aromatic N) is 2. The Labute approximate surface area is 111 Å². The molecule has 0 saturated heterocycles. The van der Waals surface area contributed by atoms with E-state index in [-0.39, 0.29) is 0 Å². The summed E-state index contributed by atoms with van der Waals surface area (Å²) < 4.78 is 0. The van der Waals surface area contributed by atoms with E-state index in [1.54, 1.807) is 0 Å². The molecule has 0 spiro atoms. The smallest absolute Gasteiger partial charge is 0.178 e. The predicted molar refractivity (Wildman–Crippen MR) is 76.8 cm³/mol. The van der Waals surface area contributed by atoms with Crippen molar-refractivity contribution in [1.29, 1.82) is 0 Å². The first-order chi connectivity index (χ1) is 9.28. The Morgan fingerprint density at radius 3 is 2.95 bits per heavy atom. The van der Waals surface area contributed by atoms with Gasteiger partial charge in [-0.3, -0.25) is 0 Å². The van der Waals surface area contributed by atoms with Crippen molar-refractivity contribution in [3.05, 3.63) is 47.7 Å². The monoisotopic (exact) mass is 252 g/mol. The first-order valence-corrected chi connectivity index (χ1v) is 6.38. The molecule has 0 saturated carbocycles. The van der Waals surface area contributed by atoms with Gasteiger partial charge in [0, 0.05) is 11.8 Å². The number of benzene rings is 1. The van der Waals surface area contributed by atoms with Gasteiger partial charge in [0.1, 0.15) is 5.82 Å². The van der Waals surface area contributed by atoms with Gasteiger partial charge in [-0.1, -0.05) is 24.3 Å². The third-order valence-electron chi connectivity index (χ3n) is 3.16. The normalized spacial score (nSPS) is 11.1. The number of hydrogen-bond donors (Lipinski definition) is 2. The van der Waals surface area contributed by atoms with Crippen LogP contribution in [0.1, 0.15) is 11.1 Å². The molecule has 96 valence electrons. The molecular weight excluding hydrogens is 236 g/mol. The molecule has 3 rings (SSSR count). The van der Waals surface area contributed by atoms with Crippen molar-refractivity contribution in [3.8, 4) is 11.4 Å². The van der Waals surface area contributed by atoms with E-state index in [0.717, 1.165) is 34.5 Å². The molecule has 2 aromatic heterocycles. The van der Waals surface area contributed by atoms with Gasteiger partial charge in [0.05, 0.1) is 5.52 Å². The summed E-state index contributed by atoms with van der Waals surface area (Å²) in [6, 6.07) is 10.3. The average Bonchev–Trinajstić information content (AvgIpc) is 2.82. The standard InChI is InChI=1S/C15H16N4/c1-10-8-13-15(17-9-10)19-14(18-13)12-5-3-2-4-11(12)6-7-16/h2-5,8-9H,6-7,16H2,1H3,(H,17,18,19). The van der Waals surface area contributed by atoms with Crippen molar-refractivity contribution >= 4 is 11.2 Å². The number of pyridine rings is 1. The summed E-state index contributed by atoms with van der Waals surface area (Å²) in [6.07, 6.45) is 2.68. The van der Waals surface area contributed by atoms with E-state index in [4.69, 9.17) is 5.73 Å². The van der Waals surface area contributed by atoms with Crippen LogP contribution in [0, 0.1) is 6.92 Å². The molecule has 0 radical (unpaired) electrons. The molecule has 0 bridgehead atoms. The molecule has 4 heteroatoms. The number of fused-ring (bicyclic) bond motifs is 1. The molecule has 0 aliphatic heterocycles. The van der Waals surface area contributed by atoms with E-state index < -0.39 is 0 Å². The summed E-state index contributed by atoms with van der Waals surface area (Å²) in [5, 5.41) is 0. The molecule has 4 nitrogen and oxygen atoms in total. The number of imidazole rings is 1. The zero-order valence-electron chi connectivity index (χ0n) is 10.9. The molecular formula is C15H16N4. The lowest BCUT2D eigenvalue weighted by Crippen LogP contribution is -2.04. The first kappa shape index (κ1) is 11.9. The minimum atomic E-state index is 0.634. The van der Waals surface area contributed by atoms with Crippen LogP contribution >= 0.6 is 0 Å². The van der Waals surface area contributed by atoms with Gasteiger partial charge in [-0.2, -0.15) is 0 Å². The van der Waals surface area contributed by atoms with E-state index in [1.165, 1.54) is 5.56 Å². The lowest BCUT2D eigenvalue weighted by Gasteiger charge is -2.05. The van der Waals surface area contributed by atoms with Gasteiger partial charge in [-0.15, -0.1) is 0 Å². The number of aromatic amines is 1. The third-order valence-corrected chi connectivity index (χ3v) is 3.16. The molecule has 3 N–H and O–H groups in total. The average molecular weight is 252 g/mol. The van der Waals surface area contributed by atoms with E-state index in [9.17, 15) is 0 Å². The number of aromatic nitrogens is 3. The van der Waals surface area contributed by atoms with Crippen molar-refractivity contribution in [2.24, 2.45) is 5.73 Å². The van der Waals surface area contributed by atoms with Crippen LogP contribution in [-0.2, 0) is 6.42 Å². The summed E-state index contributed by atoms with van der Waals surface area (Å²) in [6.45, 7) is 2.66. The molecule has 1 aromatic carbocycles. The topological polar surface area (TPSA) is 67.6 Å². The Hall–Kier alpha value is -2.20. The lowest BCUT2D eigenvalue weighted by molar-refractivity contribution is 0.968. The molecule has 3 aromatic rings. The second kappa shape index (κ2) is 4.82. The van der Waals surface area contributed by atoms with Gasteiger partial charge in [-0.25, -0.2) is 9.97 Å². The highest BCUT2D eigenvalue weighted by Gasteiger charge is 2.09. The zero-order valence-corrected chi connectivity index (χ0v) is 10.9. The lowest BCUT2D eigenvalue weighted by atomic mass is 10.0. The van der Waals surface area contributed by atoms with Gasteiger partial charge >= 0.3 is 0 Å². The van der Waals surface area contributed by atoms with E-state index in [2.05, 4.69) is 33.2 Å². The second-order valence-electron chi connectivity index (χ2n) is 4.67. The van der Waals surface area contributed by atoms with Gasteiger partial charge in [0.25, 0.3) is 0 Å². The van der Waals surface area contributed by atoms with Crippen molar-refractivity contribution in [2.75, 3.05) is 6.54 Å². The SMILES string of the molecule is Cc1cnc2nc(-c3ccccc3CCN)[nH]c2c1. The Kier molecular flexibility index (Phi) is 3.01. The highest BCUT2D eigenvalue weighted by molar-refractivity contribution is 5.77. The summed E-state index contributed by atoms with van der Waals surface area (Å²) in [5.74, 6) is 0.858. The van der Waals surface area contributed by atoms with Gasteiger partial charge in [0.2, 0.25) is 0 Å². The quantitative estimate of drug-likeness (QED) is 0.752. The van der Waals surface area contributed by atoms with Gasteiger partial charge in [0.15, 0.2) is 5.65 Å². The molecule has 0 aliphatic rings. The van der Waals surface area contributed by atoms with Crippen LogP contribution in [0.15, 0.2) is 36.5 Å². The summed E-state index contributed by atoms with van der Waals surface area (Å²) in [5.41, 5.74) is 10.8. The maximum atomic E-state index is 5.66. The van der Waals surface area contributed by atoms with Gasteiger partial charge in [-0.05, 0) is 37.1 Å². The molecule has 0 atom stereocenters. The van der Waals surface area contributed by atoms with Crippen LogP contribution in [0.25, 0.3) is 22.6 Å². The molecule has 19 heavy (non-hydrogen) atoms. The Morgan fingerprint density at radius 2 is 2.11 bits per heavy atom. The van der Waals surface area contributed by atoms with Crippen molar-refractivity contribution in [2.45, 2.75) is 13.3 Å². The highest BCUT2D eigenvalue weighted by Crippen LogP contribution is 2.23. The predicted octanol–water partition coefficient (Wildman–Crippen LogP) is 2.43. The maximum Gasteiger partial charge on any atom is 0.178 e. The molecule has 2 heterocycles. The van der Waals surface area contributed by atoms with Crippen LogP contribution in [0.5, 0.6) is 0 Å². The van der Waals surface area contributed by atoms with E-state index in [0.29, 0.717) is 6.54 Å². The largest absolute Gasteiger partial charge is 0.337 e. The number of H-pyrrole nitrogens is 1. The summed E-state index contributed by atoms with van der Waals surface area (Å²) >= 11 is 0. The fourth-order valence-corrected chi connectivity index (χ4v) is 2.26. The van der Waals surface area contributed by atoms with Crippen molar-refractivity contribution in [3.63, 3.8) is 0 Å². The van der Waals surface area contributed by atoms with Gasteiger partial charge < -0.3 is 10.7 Å². The fourth-order valence-electron chi connectivity index (χ4n) is 2.26. The number of rotatable bonds is 3. The van der Waals surface area contributed by atoms with Crippen LogP contribution in [0.2, 0.25) is 0 Å². The van der Waals surface area contributed by atoms with Crippen LogP contribution in [-0.4, -0.2) is 21.5 Å². The highest BCUT2D eigenvalue weighted by atomic mass is 15.0. The van der Waals surface area contributed by atoms with Crippen LogP contribution < -0.4 is 5.73 Å². The van der Waals surface area contributed by atoms with Crippen LogP contribution in [0.3, 0.4) is 0 Å². The molecule has 0 aliphatic carbocycles. The van der Waals surface area contributed by atoms with E-state index >= 15 is 0 Å². The molecule has 0 fully saturated rings. The number of hydrogen-bond acceptors (Lipinski definition) is 3. The van der Waals surface area contributed by atoms with Crippen molar-refractivity contribution in [1.82, 2.24) is 15.0 Å². The first-order valence-electron chi connectivity index (χ1n) is 6.38. The Morgan fingerprint density at radius 1 is 1.26 bits per heavy atom. The number of nitrogens with one attached hydrogen (secondary N) is 1. The Balaban J connectivity index is 2.13. The minimum Gasteiger partial charge on any atom is -0.337 e. The maximum absolute atomic E-state index is 5.66. The summed E-state index contributed by atoms with van der Waals surface area (Å²) in [4.78, 5) is 12.2. The molecule has 0 amide bonds. The number of aryl methyl sites for hydroxylation is 1. The number of nitrogens with two attached hydrogens (primary N) is 1. The second-order valence-corrected chi connectivity index (χ2v) is 4.67. The molecule has 0 unspecified atom stereocenters. The minimum absolute atomic E-state index is 0.634. The third kappa shape index (κ3) is 2.22. The van der Waals surface area contributed by atoms with Crippen molar-refractivity contribution < 1.29 is 0 Å². The Bertz CT molecular complexity index is 715. The zero-order chi connectivity index (χ0) is 13.2. The van der Waals surface area contributed by atoms with E-state index in [1.807, 2.05) is 25.3 Å². The van der Waals surface area contributed by atoms with Crippen LogP contribution in [0.4, 0.5) is 0 Å². The fraction of sp³-hybridized carbons (Fsp3) is 0.200. The summed E-state index contributed by atoms with van der Waals surface area (Å²) in [7, 11) is 0.